The summed E-state index contributed by atoms with van der Waals surface area (Å²) in [5.74, 6) is -0.624. The zero-order chi connectivity index (χ0) is 29.8. The van der Waals surface area contributed by atoms with E-state index in [0.717, 1.165) is 28.8 Å². The lowest BCUT2D eigenvalue weighted by molar-refractivity contribution is -0.136. The first kappa shape index (κ1) is 30.7. The maximum atomic E-state index is 12.6. The predicted octanol–water partition coefficient (Wildman–Crippen LogP) is 4.91. The van der Waals surface area contributed by atoms with Crippen LogP contribution in [0.3, 0.4) is 0 Å². The van der Waals surface area contributed by atoms with Gasteiger partial charge in [0.1, 0.15) is 5.75 Å². The van der Waals surface area contributed by atoms with E-state index in [-0.39, 0.29) is 12.5 Å². The monoisotopic (exact) mass is 560 g/mol. The van der Waals surface area contributed by atoms with Crippen molar-refractivity contribution in [1.82, 2.24) is 5.43 Å². The van der Waals surface area contributed by atoms with Gasteiger partial charge in [0.25, 0.3) is 5.91 Å². The Balaban J connectivity index is 1.54. The number of nitrogens with zero attached hydrogens (tertiary/aromatic N) is 1. The van der Waals surface area contributed by atoms with Gasteiger partial charge in [-0.1, -0.05) is 24.6 Å². The molecule has 0 aliphatic carbocycles. The smallest absolute Gasteiger partial charge is 0.329 e. The third-order valence-corrected chi connectivity index (χ3v) is 5.74. The molecule has 0 atom stereocenters. The van der Waals surface area contributed by atoms with E-state index in [1.807, 2.05) is 46.8 Å². The molecule has 0 spiro atoms. The highest BCUT2D eigenvalue weighted by molar-refractivity contribution is 6.39. The summed E-state index contributed by atoms with van der Waals surface area (Å²) < 4.78 is 16.9. The van der Waals surface area contributed by atoms with E-state index < -0.39 is 11.8 Å². The lowest BCUT2D eigenvalue weighted by Gasteiger charge is -2.15. The van der Waals surface area contributed by atoms with E-state index >= 15 is 0 Å². The Morgan fingerprint density at radius 1 is 0.805 bits per heavy atom. The van der Waals surface area contributed by atoms with Gasteiger partial charge < -0.3 is 24.8 Å². The SMILES string of the molecule is CCCOc1ccc(NC(=O)C(=O)N/N=C\c2ccc(OCC(=O)Nc3c(C)cc(C)cc3C)c(OCC)c2)cc1. The number of ether oxygens (including phenoxy) is 3. The number of hydrogen-bond acceptors (Lipinski definition) is 7. The topological polar surface area (TPSA) is 127 Å². The highest BCUT2D eigenvalue weighted by atomic mass is 16.5. The average Bonchev–Trinajstić information content (AvgIpc) is 2.94. The molecule has 10 nitrogen and oxygen atoms in total. The lowest BCUT2D eigenvalue weighted by Crippen LogP contribution is -2.32. The number of benzene rings is 3. The molecule has 0 unspecified atom stereocenters. The number of aryl methyl sites for hydroxylation is 3. The molecule has 0 aliphatic rings. The maximum absolute atomic E-state index is 12.6. The molecule has 0 bridgehead atoms. The van der Waals surface area contributed by atoms with E-state index in [1.165, 1.54) is 6.21 Å². The normalized spacial score (nSPS) is 10.7. The van der Waals surface area contributed by atoms with E-state index in [9.17, 15) is 14.4 Å². The molecule has 3 aromatic carbocycles. The fourth-order valence-corrected chi connectivity index (χ4v) is 3.95. The molecule has 0 saturated heterocycles. The van der Waals surface area contributed by atoms with E-state index in [4.69, 9.17) is 14.2 Å². The van der Waals surface area contributed by atoms with Crippen molar-refractivity contribution < 1.29 is 28.6 Å². The molecule has 3 amide bonds. The Morgan fingerprint density at radius 3 is 2.17 bits per heavy atom. The van der Waals surface area contributed by atoms with Gasteiger partial charge in [-0.3, -0.25) is 14.4 Å². The number of nitrogens with one attached hydrogen (secondary N) is 3. The van der Waals surface area contributed by atoms with Crippen LogP contribution in [0.2, 0.25) is 0 Å². The molecule has 3 N–H and O–H groups in total. The Labute approximate surface area is 240 Å². The summed E-state index contributed by atoms with van der Waals surface area (Å²) in [6.07, 6.45) is 2.25. The zero-order valence-electron chi connectivity index (χ0n) is 24.0. The Bertz CT molecular complexity index is 1380. The summed E-state index contributed by atoms with van der Waals surface area (Å²) in [7, 11) is 0. The standard InChI is InChI=1S/C31H36N4O6/c1-6-14-40-25-11-9-24(10-12-25)33-30(37)31(38)35-32-18-23-8-13-26(27(17-23)39-7-2)41-19-28(36)34-29-21(4)15-20(3)16-22(29)5/h8-13,15-18H,6-7,14,19H2,1-5H3,(H,33,37)(H,34,36)(H,35,38)/b32-18-. The zero-order valence-corrected chi connectivity index (χ0v) is 24.0. The second-order valence-electron chi connectivity index (χ2n) is 9.28. The number of hydrogen-bond donors (Lipinski definition) is 3. The fourth-order valence-electron chi connectivity index (χ4n) is 3.95. The molecule has 0 aliphatic heterocycles. The third-order valence-electron chi connectivity index (χ3n) is 5.74. The van der Waals surface area contributed by atoms with Crippen molar-refractivity contribution in [2.75, 3.05) is 30.5 Å². The molecule has 41 heavy (non-hydrogen) atoms. The number of amides is 3. The number of carbonyl (C=O) groups is 3. The summed E-state index contributed by atoms with van der Waals surface area (Å²) in [5, 5.41) is 9.27. The molecule has 0 saturated carbocycles. The minimum absolute atomic E-state index is 0.208. The van der Waals surface area contributed by atoms with Crippen molar-refractivity contribution >= 4 is 35.3 Å². The molecule has 0 aromatic heterocycles. The van der Waals surface area contributed by atoms with E-state index in [2.05, 4.69) is 21.2 Å². The first-order chi connectivity index (χ1) is 19.7. The van der Waals surface area contributed by atoms with Crippen LogP contribution in [-0.4, -0.2) is 43.8 Å². The predicted molar refractivity (Wildman–Crippen MR) is 159 cm³/mol. The second-order valence-corrected chi connectivity index (χ2v) is 9.28. The second kappa shape index (κ2) is 15.1. The first-order valence-corrected chi connectivity index (χ1v) is 13.3. The highest BCUT2D eigenvalue weighted by Crippen LogP contribution is 2.28. The molecule has 0 heterocycles. The van der Waals surface area contributed by atoms with Crippen LogP contribution in [0.15, 0.2) is 59.7 Å². The molecule has 3 rings (SSSR count). The lowest BCUT2D eigenvalue weighted by atomic mass is 10.1. The van der Waals surface area contributed by atoms with E-state index in [0.29, 0.717) is 41.7 Å². The molecule has 3 aromatic rings. The van der Waals surface area contributed by atoms with Crippen LogP contribution < -0.4 is 30.3 Å². The van der Waals surface area contributed by atoms with Gasteiger partial charge in [0.2, 0.25) is 0 Å². The van der Waals surface area contributed by atoms with Crippen molar-refractivity contribution in [2.24, 2.45) is 5.10 Å². The maximum Gasteiger partial charge on any atom is 0.329 e. The molecule has 216 valence electrons. The fraction of sp³-hybridized carbons (Fsp3) is 0.290. The summed E-state index contributed by atoms with van der Waals surface area (Å²) in [4.78, 5) is 36.9. The average molecular weight is 561 g/mol. The highest BCUT2D eigenvalue weighted by Gasteiger charge is 2.14. The minimum atomic E-state index is -0.928. The van der Waals surface area contributed by atoms with Crippen LogP contribution in [0.5, 0.6) is 17.2 Å². The van der Waals surface area contributed by atoms with Crippen molar-refractivity contribution in [3.8, 4) is 17.2 Å². The van der Waals surface area contributed by atoms with Gasteiger partial charge in [0, 0.05) is 11.4 Å². The molecular formula is C31H36N4O6. The van der Waals surface area contributed by atoms with Crippen LogP contribution in [-0.2, 0) is 14.4 Å². The van der Waals surface area contributed by atoms with Crippen molar-refractivity contribution in [3.05, 3.63) is 76.9 Å². The largest absolute Gasteiger partial charge is 0.494 e. The summed E-state index contributed by atoms with van der Waals surface area (Å²) in [6.45, 7) is 10.5. The Hall–Kier alpha value is -4.86. The quantitative estimate of drug-likeness (QED) is 0.164. The molecule has 0 fully saturated rings. The van der Waals surface area contributed by atoms with Crippen LogP contribution in [0, 0.1) is 20.8 Å². The first-order valence-electron chi connectivity index (χ1n) is 13.3. The summed E-state index contributed by atoms with van der Waals surface area (Å²) >= 11 is 0. The van der Waals surface area contributed by atoms with Gasteiger partial charge in [-0.15, -0.1) is 0 Å². The van der Waals surface area contributed by atoms with Crippen molar-refractivity contribution in [1.29, 1.82) is 0 Å². The summed E-state index contributed by atoms with van der Waals surface area (Å²) in [5.41, 5.74) is 7.09. The van der Waals surface area contributed by atoms with Crippen molar-refractivity contribution in [2.45, 2.75) is 41.0 Å². The number of anilines is 2. The van der Waals surface area contributed by atoms with Crippen LogP contribution in [0.1, 0.15) is 42.5 Å². The van der Waals surface area contributed by atoms with E-state index in [1.54, 1.807) is 42.5 Å². The van der Waals surface area contributed by atoms with Crippen LogP contribution >= 0.6 is 0 Å². The Kier molecular flexibility index (Phi) is 11.3. The Morgan fingerprint density at radius 2 is 1.51 bits per heavy atom. The van der Waals surface area contributed by atoms with Gasteiger partial charge in [-0.25, -0.2) is 5.43 Å². The molecule has 10 heteroatoms. The van der Waals surface area contributed by atoms with Gasteiger partial charge in [-0.05, 0) is 93.3 Å². The number of hydrazone groups is 1. The molecule has 0 radical (unpaired) electrons. The van der Waals surface area contributed by atoms with Gasteiger partial charge >= 0.3 is 11.8 Å². The minimum Gasteiger partial charge on any atom is -0.494 e. The van der Waals surface area contributed by atoms with Crippen molar-refractivity contribution in [3.63, 3.8) is 0 Å². The van der Waals surface area contributed by atoms with Gasteiger partial charge in [0.05, 0.1) is 19.4 Å². The van der Waals surface area contributed by atoms with Gasteiger partial charge in [-0.2, -0.15) is 5.10 Å². The van der Waals surface area contributed by atoms with Crippen LogP contribution in [0.25, 0.3) is 0 Å². The van der Waals surface area contributed by atoms with Crippen LogP contribution in [0.4, 0.5) is 11.4 Å². The molecular weight excluding hydrogens is 524 g/mol. The number of rotatable bonds is 12. The third kappa shape index (κ3) is 9.38. The number of carbonyl (C=O) groups excluding carboxylic acids is 3. The summed E-state index contributed by atoms with van der Waals surface area (Å²) in [6, 6.07) is 15.7. The van der Waals surface area contributed by atoms with Gasteiger partial charge in [0.15, 0.2) is 18.1 Å².